The Kier molecular flexibility index (Phi) is 4.77. The van der Waals surface area contributed by atoms with Crippen molar-refractivity contribution in [2.45, 2.75) is 12.8 Å². The molecule has 0 amide bonds. The van der Waals surface area contributed by atoms with E-state index in [0.29, 0.717) is 0 Å². The van der Waals surface area contributed by atoms with Crippen LogP contribution in [0.3, 0.4) is 0 Å². The molecule has 2 fully saturated rings. The lowest BCUT2D eigenvalue weighted by molar-refractivity contribution is -0.902. The Hall–Kier alpha value is -1.40. The first-order valence-electron chi connectivity index (χ1n) is 6.91. The van der Waals surface area contributed by atoms with Gasteiger partial charge in [-0.05, 0) is 18.9 Å². The third-order valence-corrected chi connectivity index (χ3v) is 4.01. The van der Waals surface area contributed by atoms with Gasteiger partial charge in [0.1, 0.15) is 12.0 Å². The third kappa shape index (κ3) is 3.58. The van der Waals surface area contributed by atoms with Crippen LogP contribution in [-0.2, 0) is 0 Å². The highest BCUT2D eigenvalue weighted by Crippen LogP contribution is 2.26. The fourth-order valence-corrected chi connectivity index (χ4v) is 2.66. The molecule has 110 valence electrons. The first-order valence-corrected chi connectivity index (χ1v) is 6.91. The molecular weight excluding hydrogens is 280 g/mol. The quantitative estimate of drug-likeness (QED) is 0.479. The minimum atomic E-state index is -0.408. The molecule has 1 N–H and O–H groups in total. The van der Waals surface area contributed by atoms with E-state index in [1.165, 1.54) is 31.6 Å². The van der Waals surface area contributed by atoms with Crippen LogP contribution in [0.2, 0.25) is 0 Å². The first-order chi connectivity index (χ1) is 9.22. The first kappa shape index (κ1) is 15.0. The lowest BCUT2D eigenvalue weighted by Gasteiger charge is -2.32. The number of nitrogens with zero attached hydrogens (tertiary/aromatic N) is 3. The number of anilines is 1. The number of hydrogen-bond acceptors (Lipinski definition) is 4. The van der Waals surface area contributed by atoms with Crippen LogP contribution in [0.25, 0.3) is 0 Å². The summed E-state index contributed by atoms with van der Waals surface area (Å²) < 4.78 is 0. The summed E-state index contributed by atoms with van der Waals surface area (Å²) in [6.07, 6.45) is 4.17. The number of pyridine rings is 1. The normalized spacial score (nSPS) is 19.5. The predicted molar refractivity (Wildman–Crippen MR) is 71.4 cm³/mol. The Morgan fingerprint density at radius 1 is 1.35 bits per heavy atom. The third-order valence-electron chi connectivity index (χ3n) is 4.01. The molecule has 0 radical (unpaired) electrons. The smallest absolute Gasteiger partial charge is 0.287 e. The fraction of sp³-hybridized carbons (Fsp3) is 0.615. The molecule has 0 atom stereocenters. The van der Waals surface area contributed by atoms with Crippen LogP contribution in [0.15, 0.2) is 18.3 Å². The highest BCUT2D eigenvalue weighted by atomic mass is 35.5. The van der Waals surface area contributed by atoms with Gasteiger partial charge in [0.15, 0.2) is 0 Å². The molecule has 2 aliphatic rings. The second kappa shape index (κ2) is 6.37. The Bertz CT molecular complexity index is 456. The number of quaternary nitrogens is 1. The van der Waals surface area contributed by atoms with Gasteiger partial charge in [-0.15, -0.1) is 0 Å². The molecule has 7 heteroatoms. The van der Waals surface area contributed by atoms with Crippen molar-refractivity contribution in [3.63, 3.8) is 0 Å². The monoisotopic (exact) mass is 298 g/mol. The van der Waals surface area contributed by atoms with Crippen molar-refractivity contribution >= 4 is 11.5 Å². The predicted octanol–water partition coefficient (Wildman–Crippen LogP) is -2.89. The van der Waals surface area contributed by atoms with Crippen LogP contribution in [0.5, 0.6) is 0 Å². The minimum Gasteiger partial charge on any atom is -1.00 e. The van der Waals surface area contributed by atoms with E-state index in [-0.39, 0.29) is 18.1 Å². The average Bonchev–Trinajstić information content (AvgIpc) is 3.24. The zero-order chi connectivity index (χ0) is 13.2. The second-order valence-electron chi connectivity index (χ2n) is 5.52. The van der Waals surface area contributed by atoms with Crippen LogP contribution < -0.4 is 22.2 Å². The maximum absolute atomic E-state index is 10.6. The molecule has 6 nitrogen and oxygen atoms in total. The maximum atomic E-state index is 10.6. The van der Waals surface area contributed by atoms with E-state index in [2.05, 4.69) is 9.88 Å². The Balaban J connectivity index is 0.00000147. The lowest BCUT2D eigenvalue weighted by atomic mass is 10.2. The van der Waals surface area contributed by atoms with E-state index in [0.717, 1.165) is 37.9 Å². The Morgan fingerprint density at radius 3 is 2.55 bits per heavy atom. The summed E-state index contributed by atoms with van der Waals surface area (Å²) in [5, 5.41) is 10.6. The largest absolute Gasteiger partial charge is 1.00 e. The molecule has 1 saturated carbocycles. The number of nitrogens with one attached hydrogen (secondary N) is 1. The molecule has 0 unspecified atom stereocenters. The van der Waals surface area contributed by atoms with Gasteiger partial charge in [-0.2, -0.15) is 0 Å². The van der Waals surface area contributed by atoms with Gasteiger partial charge in [0, 0.05) is 12.0 Å². The zero-order valence-corrected chi connectivity index (χ0v) is 12.1. The number of piperazine rings is 1. The SMILES string of the molecule is O=[N+]([O-])c1ccc(N2CC[NH+](CC3CC3)CC2)nc1.[Cl-]. The summed E-state index contributed by atoms with van der Waals surface area (Å²) in [6.45, 7) is 5.60. The molecule has 1 aliphatic heterocycles. The van der Waals surface area contributed by atoms with Crippen molar-refractivity contribution in [1.82, 2.24) is 4.98 Å². The van der Waals surface area contributed by atoms with Gasteiger partial charge in [-0.25, -0.2) is 4.98 Å². The molecule has 0 bridgehead atoms. The summed E-state index contributed by atoms with van der Waals surface area (Å²) in [7, 11) is 0. The molecule has 1 saturated heterocycles. The summed E-state index contributed by atoms with van der Waals surface area (Å²) >= 11 is 0. The molecule has 1 aromatic rings. The molecule has 20 heavy (non-hydrogen) atoms. The van der Waals surface area contributed by atoms with Gasteiger partial charge in [0.25, 0.3) is 5.69 Å². The topological polar surface area (TPSA) is 63.7 Å². The van der Waals surface area contributed by atoms with Gasteiger partial charge in [-0.1, -0.05) is 0 Å². The number of halogens is 1. The van der Waals surface area contributed by atoms with E-state index in [4.69, 9.17) is 0 Å². The highest BCUT2D eigenvalue weighted by Gasteiger charge is 2.29. The summed E-state index contributed by atoms with van der Waals surface area (Å²) in [6, 6.07) is 3.29. The summed E-state index contributed by atoms with van der Waals surface area (Å²) in [5.74, 6) is 1.83. The Morgan fingerprint density at radius 2 is 2.05 bits per heavy atom. The summed E-state index contributed by atoms with van der Waals surface area (Å²) in [5.41, 5.74) is 0.0572. The van der Waals surface area contributed by atoms with E-state index in [9.17, 15) is 10.1 Å². The summed E-state index contributed by atoms with van der Waals surface area (Å²) in [4.78, 5) is 18.3. The van der Waals surface area contributed by atoms with Crippen molar-refractivity contribution in [1.29, 1.82) is 0 Å². The highest BCUT2D eigenvalue weighted by molar-refractivity contribution is 5.43. The maximum Gasteiger partial charge on any atom is 0.287 e. The van der Waals surface area contributed by atoms with Crippen LogP contribution >= 0.6 is 0 Å². The fourth-order valence-electron chi connectivity index (χ4n) is 2.66. The van der Waals surface area contributed by atoms with Crippen LogP contribution in [-0.4, -0.2) is 42.6 Å². The van der Waals surface area contributed by atoms with Crippen LogP contribution in [0, 0.1) is 16.0 Å². The number of rotatable bonds is 4. The van der Waals surface area contributed by atoms with Crippen LogP contribution in [0.4, 0.5) is 11.5 Å². The number of nitro groups is 1. The molecule has 2 heterocycles. The molecular formula is C13H19ClN4O2. The minimum absolute atomic E-state index is 0. The van der Waals surface area contributed by atoms with Crippen molar-refractivity contribution in [3.8, 4) is 0 Å². The molecule has 0 aromatic carbocycles. The number of hydrogen-bond donors (Lipinski definition) is 1. The van der Waals surface area contributed by atoms with Crippen molar-refractivity contribution in [3.05, 3.63) is 28.4 Å². The van der Waals surface area contributed by atoms with Crippen molar-refractivity contribution in [2.24, 2.45) is 5.92 Å². The molecule has 1 aromatic heterocycles. The van der Waals surface area contributed by atoms with Crippen molar-refractivity contribution < 1.29 is 22.2 Å². The molecule has 1 aliphatic carbocycles. The van der Waals surface area contributed by atoms with Crippen molar-refractivity contribution in [2.75, 3.05) is 37.6 Å². The molecule has 3 rings (SSSR count). The molecule has 0 spiro atoms. The van der Waals surface area contributed by atoms with E-state index in [1.807, 2.05) is 0 Å². The van der Waals surface area contributed by atoms with Gasteiger partial charge in [-0.3, -0.25) is 10.1 Å². The van der Waals surface area contributed by atoms with E-state index in [1.54, 1.807) is 11.0 Å². The van der Waals surface area contributed by atoms with Gasteiger partial charge in [0.05, 0.1) is 37.6 Å². The average molecular weight is 299 g/mol. The van der Waals surface area contributed by atoms with Gasteiger partial charge in [0.2, 0.25) is 0 Å². The zero-order valence-electron chi connectivity index (χ0n) is 11.3. The lowest BCUT2D eigenvalue weighted by Crippen LogP contribution is -3.15. The standard InChI is InChI=1S/C13H18N4O2.ClH/c18-17(19)12-3-4-13(14-9-12)16-7-5-15(6-8-16)10-11-1-2-11;/h3-4,9,11H,1-2,5-8,10H2;1H. The second-order valence-corrected chi connectivity index (χ2v) is 5.52. The van der Waals surface area contributed by atoms with Gasteiger partial charge < -0.3 is 22.2 Å². The Labute approximate surface area is 124 Å². The van der Waals surface area contributed by atoms with E-state index >= 15 is 0 Å². The number of aromatic nitrogens is 1. The van der Waals surface area contributed by atoms with Crippen LogP contribution in [0.1, 0.15) is 12.8 Å². The van der Waals surface area contributed by atoms with E-state index < -0.39 is 4.92 Å². The van der Waals surface area contributed by atoms with Gasteiger partial charge >= 0.3 is 0 Å².